The van der Waals surface area contributed by atoms with E-state index in [1.807, 2.05) is 0 Å². The summed E-state index contributed by atoms with van der Waals surface area (Å²) in [7, 11) is 0. The molecule has 4 heteroatoms. The Labute approximate surface area is 332 Å². The number of rotatable bonds is 5. The van der Waals surface area contributed by atoms with Crippen molar-refractivity contribution in [2.45, 2.75) is 0 Å². The Bertz CT molecular complexity index is 3480. The Hall–Kier alpha value is -7.27. The van der Waals surface area contributed by atoms with Crippen LogP contribution < -0.4 is 0 Å². The van der Waals surface area contributed by atoms with Crippen molar-refractivity contribution >= 4 is 75.2 Å². The highest BCUT2D eigenvalue weighted by Crippen LogP contribution is 2.44. The number of nitrogens with zero attached hydrogens (tertiary/aromatic N) is 2. The van der Waals surface area contributed by atoms with Crippen LogP contribution in [0.1, 0.15) is 0 Å². The quantitative estimate of drug-likeness (QED) is 0.176. The molecule has 0 bridgehead atoms. The van der Waals surface area contributed by atoms with Crippen LogP contribution in [0, 0.1) is 0 Å². The first-order valence-corrected chi connectivity index (χ1v) is 20.1. The number of thiophene rings is 1. The van der Waals surface area contributed by atoms with E-state index < -0.39 is 0 Å². The smallest absolute Gasteiger partial charge is 0.227 e. The van der Waals surface area contributed by atoms with Crippen LogP contribution in [0.25, 0.3) is 114 Å². The minimum absolute atomic E-state index is 0.625. The molecule has 0 amide bonds. The average Bonchev–Trinajstić information content (AvgIpc) is 3.99. The molecule has 0 aliphatic rings. The highest BCUT2D eigenvalue weighted by molar-refractivity contribution is 7.26. The first-order chi connectivity index (χ1) is 28.2. The van der Waals surface area contributed by atoms with Gasteiger partial charge in [-0.15, -0.1) is 11.3 Å². The van der Waals surface area contributed by atoms with Crippen molar-refractivity contribution in [3.63, 3.8) is 0 Å². The Morgan fingerprint density at radius 1 is 0.421 bits per heavy atom. The third kappa shape index (κ3) is 5.08. The van der Waals surface area contributed by atoms with Gasteiger partial charge in [0.15, 0.2) is 5.58 Å². The Morgan fingerprint density at radius 3 is 1.84 bits per heavy atom. The van der Waals surface area contributed by atoms with Crippen molar-refractivity contribution in [2.24, 2.45) is 0 Å². The summed E-state index contributed by atoms with van der Waals surface area (Å²) >= 11 is 1.80. The maximum absolute atomic E-state index is 6.76. The van der Waals surface area contributed by atoms with Crippen molar-refractivity contribution in [1.29, 1.82) is 0 Å². The lowest BCUT2D eigenvalue weighted by Gasteiger charge is -2.10. The molecule has 0 spiro atoms. The van der Waals surface area contributed by atoms with Gasteiger partial charge in [-0.3, -0.25) is 0 Å². The normalized spacial score (nSPS) is 11.9. The first-order valence-electron chi connectivity index (χ1n) is 19.3. The van der Waals surface area contributed by atoms with E-state index in [9.17, 15) is 0 Å². The SMILES string of the molecule is c1ccc(-c2ccc(-n3c4ccc(-c5ccc(-c6nc7c(-c8ccccc8)cc8sc9ccccc9c8c7o6)cc5)cc4c4c5ccccc5ccc43)cc2)cc1. The summed E-state index contributed by atoms with van der Waals surface area (Å²) in [4.78, 5) is 5.19. The van der Waals surface area contributed by atoms with Gasteiger partial charge in [-0.1, -0.05) is 140 Å². The summed E-state index contributed by atoms with van der Waals surface area (Å²) in [5, 5.41) is 7.32. The van der Waals surface area contributed by atoms with Gasteiger partial charge in [0, 0.05) is 47.8 Å². The Morgan fingerprint density at radius 2 is 1.04 bits per heavy atom. The summed E-state index contributed by atoms with van der Waals surface area (Å²) in [6.45, 7) is 0. The van der Waals surface area contributed by atoms with Crippen molar-refractivity contribution in [2.75, 3.05) is 0 Å². The molecule has 0 atom stereocenters. The molecule has 57 heavy (non-hydrogen) atoms. The average molecular weight is 745 g/mol. The second kappa shape index (κ2) is 12.6. The van der Waals surface area contributed by atoms with E-state index in [-0.39, 0.29) is 0 Å². The molecule has 266 valence electrons. The van der Waals surface area contributed by atoms with Crippen LogP contribution in [-0.4, -0.2) is 9.55 Å². The number of hydrogen-bond donors (Lipinski definition) is 0. The van der Waals surface area contributed by atoms with Gasteiger partial charge >= 0.3 is 0 Å². The molecule has 0 aliphatic heterocycles. The molecule has 12 aromatic rings. The third-order valence-electron chi connectivity index (χ3n) is 11.4. The van der Waals surface area contributed by atoms with Crippen LogP contribution >= 0.6 is 11.3 Å². The molecule has 0 aliphatic carbocycles. The second-order valence-corrected chi connectivity index (χ2v) is 15.8. The molecule has 0 N–H and O–H groups in total. The van der Waals surface area contributed by atoms with Crippen LogP contribution in [-0.2, 0) is 0 Å². The molecule has 0 fully saturated rings. The van der Waals surface area contributed by atoms with E-state index >= 15 is 0 Å². The van der Waals surface area contributed by atoms with Crippen molar-refractivity contribution < 1.29 is 4.42 Å². The van der Waals surface area contributed by atoms with Crippen molar-refractivity contribution in [1.82, 2.24) is 9.55 Å². The zero-order valence-corrected chi connectivity index (χ0v) is 31.5. The van der Waals surface area contributed by atoms with Crippen LogP contribution in [0.15, 0.2) is 199 Å². The highest BCUT2D eigenvalue weighted by Gasteiger charge is 2.21. The predicted octanol–water partition coefficient (Wildman–Crippen LogP) is 15.1. The van der Waals surface area contributed by atoms with Crippen LogP contribution in [0.5, 0.6) is 0 Å². The van der Waals surface area contributed by atoms with E-state index in [0.717, 1.165) is 50.0 Å². The van der Waals surface area contributed by atoms with E-state index in [1.54, 1.807) is 11.3 Å². The van der Waals surface area contributed by atoms with E-state index in [1.165, 1.54) is 58.5 Å². The second-order valence-electron chi connectivity index (χ2n) is 14.7. The van der Waals surface area contributed by atoms with E-state index in [2.05, 4.69) is 199 Å². The zero-order chi connectivity index (χ0) is 37.5. The molecular weight excluding hydrogens is 713 g/mol. The molecule has 0 radical (unpaired) electrons. The summed E-state index contributed by atoms with van der Waals surface area (Å²) in [6.07, 6.45) is 0. The predicted molar refractivity (Wildman–Crippen MR) is 240 cm³/mol. The van der Waals surface area contributed by atoms with Crippen LogP contribution in [0.2, 0.25) is 0 Å². The Kier molecular flexibility index (Phi) is 7.10. The lowest BCUT2D eigenvalue weighted by atomic mass is 9.99. The number of aromatic nitrogens is 2. The van der Waals surface area contributed by atoms with Crippen molar-refractivity contribution in [3.05, 3.63) is 194 Å². The van der Waals surface area contributed by atoms with Gasteiger partial charge in [0.1, 0.15) is 5.52 Å². The summed E-state index contributed by atoms with van der Waals surface area (Å²) in [5.74, 6) is 0.625. The monoisotopic (exact) mass is 744 g/mol. The third-order valence-corrected chi connectivity index (χ3v) is 12.6. The topological polar surface area (TPSA) is 31.0 Å². The van der Waals surface area contributed by atoms with Crippen molar-refractivity contribution in [3.8, 4) is 50.5 Å². The summed E-state index contributed by atoms with van der Waals surface area (Å²) in [6, 6.07) is 69.6. The standard InChI is InChI=1S/C53H32N2OS/c1-3-11-33(12-4-1)34-23-27-40(28-24-34)55-45-29-26-39(31-44(45)49-41-16-8-7-15-37(41)25-30-46(49)55)35-19-21-38(22-20-35)53-54-51-43(36-13-5-2-6-14-36)32-48-50(52(51)56-53)42-17-9-10-18-47(42)57-48/h1-32H. The minimum Gasteiger partial charge on any atom is -0.435 e. The van der Waals surface area contributed by atoms with Gasteiger partial charge in [0.25, 0.3) is 0 Å². The molecule has 0 saturated heterocycles. The van der Waals surface area contributed by atoms with Gasteiger partial charge in [-0.25, -0.2) is 4.98 Å². The highest BCUT2D eigenvalue weighted by atomic mass is 32.1. The summed E-state index contributed by atoms with van der Waals surface area (Å²) < 4.78 is 11.6. The molecule has 12 rings (SSSR count). The maximum atomic E-state index is 6.76. The molecule has 0 unspecified atom stereocenters. The molecular formula is C53H32N2OS. The number of hydrogen-bond acceptors (Lipinski definition) is 3. The first kappa shape index (κ1) is 32.0. The Balaban J connectivity index is 0.982. The fraction of sp³-hybridized carbons (Fsp3) is 0. The number of benzene rings is 9. The zero-order valence-electron chi connectivity index (χ0n) is 30.7. The van der Waals surface area contributed by atoms with Crippen LogP contribution in [0.3, 0.4) is 0 Å². The van der Waals surface area contributed by atoms with E-state index in [0.29, 0.717) is 5.89 Å². The van der Waals surface area contributed by atoms with Gasteiger partial charge in [-0.05, 0) is 93.2 Å². The number of oxazole rings is 1. The fourth-order valence-electron chi connectivity index (χ4n) is 8.72. The maximum Gasteiger partial charge on any atom is 0.227 e. The summed E-state index contributed by atoms with van der Waals surface area (Å²) in [5.41, 5.74) is 13.1. The van der Waals surface area contributed by atoms with E-state index in [4.69, 9.17) is 9.40 Å². The molecule has 3 heterocycles. The molecule has 0 saturated carbocycles. The fourth-order valence-corrected chi connectivity index (χ4v) is 9.87. The van der Waals surface area contributed by atoms with Gasteiger partial charge < -0.3 is 8.98 Å². The van der Waals surface area contributed by atoms with Gasteiger partial charge in [-0.2, -0.15) is 0 Å². The minimum atomic E-state index is 0.625. The lowest BCUT2D eigenvalue weighted by molar-refractivity contribution is 0.623. The largest absolute Gasteiger partial charge is 0.435 e. The lowest BCUT2D eigenvalue weighted by Crippen LogP contribution is -1.94. The van der Waals surface area contributed by atoms with Crippen LogP contribution in [0.4, 0.5) is 0 Å². The molecule has 9 aromatic carbocycles. The van der Waals surface area contributed by atoms with Gasteiger partial charge in [0.2, 0.25) is 5.89 Å². The number of fused-ring (bicyclic) bond motifs is 10. The molecule has 3 aromatic heterocycles. The van der Waals surface area contributed by atoms with Gasteiger partial charge in [0.05, 0.1) is 11.0 Å². The molecule has 3 nitrogen and oxygen atoms in total.